The molecule has 0 saturated heterocycles. The van der Waals surface area contributed by atoms with Crippen LogP contribution in [0.4, 0.5) is 4.79 Å². The molecular formula is C11H19N3O4. The van der Waals surface area contributed by atoms with Crippen LogP contribution in [-0.2, 0) is 9.59 Å². The maximum atomic E-state index is 11.3. The summed E-state index contributed by atoms with van der Waals surface area (Å²) in [7, 11) is 0. The molecule has 0 radical (unpaired) electrons. The average molecular weight is 257 g/mol. The summed E-state index contributed by atoms with van der Waals surface area (Å²) in [4.78, 5) is 32.5. The highest BCUT2D eigenvalue weighted by Gasteiger charge is 2.17. The van der Waals surface area contributed by atoms with Gasteiger partial charge in [-0.2, -0.15) is 0 Å². The molecule has 1 atom stereocenters. The summed E-state index contributed by atoms with van der Waals surface area (Å²) >= 11 is 0. The predicted molar refractivity (Wildman–Crippen MR) is 65.8 cm³/mol. The molecule has 0 heterocycles. The van der Waals surface area contributed by atoms with E-state index in [1.807, 2.05) is 0 Å². The molecule has 0 aromatic heterocycles. The number of carbonyl (C=O) groups excluding carboxylic acids is 2. The van der Waals surface area contributed by atoms with Crippen molar-refractivity contribution in [1.29, 1.82) is 0 Å². The molecule has 0 rings (SSSR count). The van der Waals surface area contributed by atoms with Crippen LogP contribution < -0.4 is 16.4 Å². The Bertz CT molecular complexity index is 317. The second-order valence-corrected chi connectivity index (χ2v) is 3.74. The number of rotatable bonds is 9. The Kier molecular flexibility index (Phi) is 8.00. The molecule has 0 aliphatic heterocycles. The molecule has 0 aliphatic rings. The van der Waals surface area contributed by atoms with Gasteiger partial charge in [0.15, 0.2) is 0 Å². The zero-order chi connectivity index (χ0) is 14.0. The Morgan fingerprint density at radius 2 is 2.00 bits per heavy atom. The minimum Gasteiger partial charge on any atom is -0.480 e. The molecule has 102 valence electrons. The lowest BCUT2D eigenvalue weighted by Gasteiger charge is -2.13. The molecule has 0 saturated carbocycles. The van der Waals surface area contributed by atoms with Crippen molar-refractivity contribution in [2.75, 3.05) is 6.54 Å². The summed E-state index contributed by atoms with van der Waals surface area (Å²) in [6.45, 7) is 3.78. The standard InChI is InChI=1S/C11H19N3O4/c1-2-5-8(10(16)17)14-11(18)13-7-4-3-6-9(12)15/h2,8H,1,3-7H2,(H2,12,15)(H,16,17)(H2,13,14,18). The lowest BCUT2D eigenvalue weighted by Crippen LogP contribution is -2.46. The van der Waals surface area contributed by atoms with Gasteiger partial charge in [-0.15, -0.1) is 6.58 Å². The van der Waals surface area contributed by atoms with Gasteiger partial charge < -0.3 is 21.5 Å². The Morgan fingerprint density at radius 3 is 2.50 bits per heavy atom. The van der Waals surface area contributed by atoms with Crippen LogP contribution in [0.25, 0.3) is 0 Å². The number of urea groups is 1. The summed E-state index contributed by atoms with van der Waals surface area (Å²) in [5.74, 6) is -1.49. The minimum atomic E-state index is -1.11. The first-order valence-corrected chi connectivity index (χ1v) is 5.63. The van der Waals surface area contributed by atoms with Crippen molar-refractivity contribution in [1.82, 2.24) is 10.6 Å². The Labute approximate surface area is 105 Å². The summed E-state index contributed by atoms with van der Waals surface area (Å²) in [6.07, 6.45) is 3.05. The maximum Gasteiger partial charge on any atom is 0.326 e. The largest absolute Gasteiger partial charge is 0.480 e. The van der Waals surface area contributed by atoms with E-state index in [1.54, 1.807) is 0 Å². The molecule has 5 N–H and O–H groups in total. The maximum absolute atomic E-state index is 11.3. The summed E-state index contributed by atoms with van der Waals surface area (Å²) in [6, 6.07) is -1.53. The van der Waals surface area contributed by atoms with E-state index >= 15 is 0 Å². The fourth-order valence-electron chi connectivity index (χ4n) is 1.22. The molecule has 1 unspecified atom stereocenters. The van der Waals surface area contributed by atoms with E-state index in [0.29, 0.717) is 19.4 Å². The minimum absolute atomic E-state index is 0.157. The quantitative estimate of drug-likeness (QED) is 0.342. The number of hydrogen-bond acceptors (Lipinski definition) is 3. The second-order valence-electron chi connectivity index (χ2n) is 3.74. The summed E-state index contributed by atoms with van der Waals surface area (Å²) in [5, 5.41) is 13.6. The number of carbonyl (C=O) groups is 3. The molecule has 0 bridgehead atoms. The number of unbranched alkanes of at least 4 members (excludes halogenated alkanes) is 1. The van der Waals surface area contributed by atoms with Crippen molar-refractivity contribution in [3.8, 4) is 0 Å². The molecular weight excluding hydrogens is 238 g/mol. The van der Waals surface area contributed by atoms with Gasteiger partial charge in [0.1, 0.15) is 6.04 Å². The van der Waals surface area contributed by atoms with Gasteiger partial charge in [-0.05, 0) is 19.3 Å². The van der Waals surface area contributed by atoms with Crippen LogP contribution in [0.1, 0.15) is 25.7 Å². The van der Waals surface area contributed by atoms with Crippen LogP contribution in [0.15, 0.2) is 12.7 Å². The number of primary amides is 1. The average Bonchev–Trinajstić information content (AvgIpc) is 2.27. The van der Waals surface area contributed by atoms with Gasteiger partial charge in [-0.3, -0.25) is 4.79 Å². The molecule has 0 aromatic rings. The fraction of sp³-hybridized carbons (Fsp3) is 0.545. The topological polar surface area (TPSA) is 122 Å². The number of carboxylic acids is 1. The van der Waals surface area contributed by atoms with Crippen molar-refractivity contribution >= 4 is 17.9 Å². The predicted octanol–water partition coefficient (Wildman–Crippen LogP) is -0.0295. The lowest BCUT2D eigenvalue weighted by molar-refractivity contribution is -0.139. The van der Waals surface area contributed by atoms with Crippen molar-refractivity contribution in [3.05, 3.63) is 12.7 Å². The van der Waals surface area contributed by atoms with Crippen LogP contribution in [-0.4, -0.2) is 35.6 Å². The molecule has 0 aliphatic carbocycles. The van der Waals surface area contributed by atoms with Crippen LogP contribution in [0.5, 0.6) is 0 Å². The van der Waals surface area contributed by atoms with Gasteiger partial charge in [-0.1, -0.05) is 6.08 Å². The number of hydrogen-bond donors (Lipinski definition) is 4. The van der Waals surface area contributed by atoms with E-state index in [1.165, 1.54) is 6.08 Å². The number of nitrogens with one attached hydrogen (secondary N) is 2. The van der Waals surface area contributed by atoms with Crippen molar-refractivity contribution in [2.24, 2.45) is 5.73 Å². The van der Waals surface area contributed by atoms with Crippen LogP contribution >= 0.6 is 0 Å². The molecule has 0 fully saturated rings. The molecule has 18 heavy (non-hydrogen) atoms. The second kappa shape index (κ2) is 9.03. The number of nitrogens with two attached hydrogens (primary N) is 1. The van der Waals surface area contributed by atoms with E-state index < -0.39 is 18.0 Å². The highest BCUT2D eigenvalue weighted by Crippen LogP contribution is 1.94. The SMILES string of the molecule is C=CCC(NC(=O)NCCCCC(N)=O)C(=O)O. The lowest BCUT2D eigenvalue weighted by atomic mass is 10.2. The van der Waals surface area contributed by atoms with E-state index in [-0.39, 0.29) is 18.7 Å². The Morgan fingerprint density at radius 1 is 1.33 bits per heavy atom. The van der Waals surface area contributed by atoms with Gasteiger partial charge in [0.05, 0.1) is 0 Å². The van der Waals surface area contributed by atoms with Crippen LogP contribution in [0, 0.1) is 0 Å². The smallest absolute Gasteiger partial charge is 0.326 e. The Hall–Kier alpha value is -2.05. The first kappa shape index (κ1) is 16.0. The van der Waals surface area contributed by atoms with Crippen LogP contribution in [0.2, 0.25) is 0 Å². The van der Waals surface area contributed by atoms with Crippen molar-refractivity contribution in [2.45, 2.75) is 31.7 Å². The molecule has 7 heteroatoms. The van der Waals surface area contributed by atoms with Gasteiger partial charge in [0.2, 0.25) is 5.91 Å². The molecule has 0 spiro atoms. The van der Waals surface area contributed by atoms with Crippen molar-refractivity contribution in [3.63, 3.8) is 0 Å². The third kappa shape index (κ3) is 8.14. The number of amides is 3. The van der Waals surface area contributed by atoms with E-state index in [4.69, 9.17) is 10.8 Å². The summed E-state index contributed by atoms with van der Waals surface area (Å²) in [5.41, 5.74) is 4.95. The fourth-order valence-corrected chi connectivity index (χ4v) is 1.22. The first-order valence-electron chi connectivity index (χ1n) is 5.63. The highest BCUT2D eigenvalue weighted by molar-refractivity contribution is 5.82. The van der Waals surface area contributed by atoms with E-state index in [2.05, 4.69) is 17.2 Å². The van der Waals surface area contributed by atoms with Gasteiger partial charge in [-0.25, -0.2) is 9.59 Å². The van der Waals surface area contributed by atoms with E-state index in [9.17, 15) is 14.4 Å². The molecule has 0 aromatic carbocycles. The van der Waals surface area contributed by atoms with Gasteiger partial charge in [0.25, 0.3) is 0 Å². The normalized spacial score (nSPS) is 11.3. The van der Waals surface area contributed by atoms with E-state index in [0.717, 1.165) is 0 Å². The number of aliphatic carboxylic acids is 1. The number of carboxylic acid groups (broad SMARTS) is 1. The van der Waals surface area contributed by atoms with Gasteiger partial charge >= 0.3 is 12.0 Å². The zero-order valence-electron chi connectivity index (χ0n) is 10.1. The first-order chi connectivity index (χ1) is 8.47. The molecule has 7 nitrogen and oxygen atoms in total. The van der Waals surface area contributed by atoms with Crippen LogP contribution in [0.3, 0.4) is 0 Å². The Balaban J connectivity index is 3.78. The highest BCUT2D eigenvalue weighted by atomic mass is 16.4. The summed E-state index contributed by atoms with van der Waals surface area (Å²) < 4.78 is 0. The van der Waals surface area contributed by atoms with Crippen molar-refractivity contribution < 1.29 is 19.5 Å². The molecule has 3 amide bonds. The monoisotopic (exact) mass is 257 g/mol. The third-order valence-electron chi connectivity index (χ3n) is 2.14. The van der Waals surface area contributed by atoms with Gasteiger partial charge in [0, 0.05) is 13.0 Å². The zero-order valence-corrected chi connectivity index (χ0v) is 10.1. The third-order valence-corrected chi connectivity index (χ3v) is 2.14.